The molecule has 0 aromatic carbocycles. The molecule has 8 nitrogen and oxygen atoms in total. The molecule has 0 aliphatic carbocycles. The summed E-state index contributed by atoms with van der Waals surface area (Å²) >= 11 is 0.920. The molecule has 2 unspecified atom stereocenters. The van der Waals surface area contributed by atoms with Crippen molar-refractivity contribution in [1.82, 2.24) is 4.98 Å². The van der Waals surface area contributed by atoms with Crippen molar-refractivity contribution in [3.8, 4) is 0 Å². The summed E-state index contributed by atoms with van der Waals surface area (Å²) in [5.74, 6) is -0.530. The summed E-state index contributed by atoms with van der Waals surface area (Å²) in [4.78, 5) is 17.9. The summed E-state index contributed by atoms with van der Waals surface area (Å²) in [7, 11) is 0. The van der Waals surface area contributed by atoms with Crippen LogP contribution in [0.25, 0.3) is 10.4 Å². The fourth-order valence-corrected chi connectivity index (χ4v) is 1.96. The summed E-state index contributed by atoms with van der Waals surface area (Å²) in [6, 6.07) is 0. The molecule has 9 heteroatoms. The third kappa shape index (κ3) is 3.67. The van der Waals surface area contributed by atoms with Crippen LogP contribution in [0, 0.1) is 0 Å². The Morgan fingerprint density at radius 2 is 2.44 bits per heavy atom. The van der Waals surface area contributed by atoms with Gasteiger partial charge in [0.1, 0.15) is 16.0 Å². The molecule has 0 bridgehead atoms. The predicted molar refractivity (Wildman–Crippen MR) is 63.1 cm³/mol. The topological polar surface area (TPSA) is 128 Å². The zero-order chi connectivity index (χ0) is 13.5. The molecule has 0 saturated carbocycles. The monoisotopic (exact) mass is 272 g/mol. The van der Waals surface area contributed by atoms with Crippen LogP contribution >= 0.6 is 11.3 Å². The number of thiazole rings is 1. The maximum Gasteiger partial charge on any atom is 0.349 e. The van der Waals surface area contributed by atoms with Crippen molar-refractivity contribution in [2.45, 2.75) is 19.1 Å². The van der Waals surface area contributed by atoms with Gasteiger partial charge < -0.3 is 14.9 Å². The maximum absolute atomic E-state index is 11.4. The Hall–Kier alpha value is -1.67. The number of aliphatic hydroxyl groups excluding tert-OH is 2. The van der Waals surface area contributed by atoms with E-state index in [1.165, 1.54) is 6.20 Å². The van der Waals surface area contributed by atoms with Gasteiger partial charge in [-0.2, -0.15) is 0 Å². The van der Waals surface area contributed by atoms with Crippen molar-refractivity contribution < 1.29 is 19.7 Å². The van der Waals surface area contributed by atoms with Crippen LogP contribution in [0.5, 0.6) is 0 Å². The summed E-state index contributed by atoms with van der Waals surface area (Å²) in [6.07, 6.45) is -1.30. The lowest BCUT2D eigenvalue weighted by molar-refractivity contribution is 0.0243. The highest BCUT2D eigenvalue weighted by molar-refractivity contribution is 7.13. The summed E-state index contributed by atoms with van der Waals surface area (Å²) in [6.45, 7) is 1.65. The van der Waals surface area contributed by atoms with Gasteiger partial charge >= 0.3 is 5.97 Å². The van der Waals surface area contributed by atoms with E-state index in [4.69, 9.17) is 10.3 Å². The van der Waals surface area contributed by atoms with Gasteiger partial charge in [-0.25, -0.2) is 9.78 Å². The largest absolute Gasteiger partial charge is 0.462 e. The molecule has 1 heterocycles. The number of azide groups is 1. The highest BCUT2D eigenvalue weighted by atomic mass is 32.1. The van der Waals surface area contributed by atoms with E-state index in [1.807, 2.05) is 0 Å². The molecule has 0 fully saturated rings. The van der Waals surface area contributed by atoms with E-state index in [1.54, 1.807) is 6.92 Å². The second-order valence-corrected chi connectivity index (χ2v) is 4.27. The molecule has 1 aromatic heterocycles. The van der Waals surface area contributed by atoms with Crippen molar-refractivity contribution in [3.63, 3.8) is 0 Å². The second kappa shape index (κ2) is 6.92. The third-order valence-corrected chi connectivity index (χ3v) is 3.00. The third-order valence-electron chi connectivity index (χ3n) is 1.95. The van der Waals surface area contributed by atoms with Crippen LogP contribution < -0.4 is 0 Å². The van der Waals surface area contributed by atoms with E-state index >= 15 is 0 Å². The lowest BCUT2D eigenvalue weighted by atomic mass is 10.2. The Balaban J connectivity index is 2.72. The van der Waals surface area contributed by atoms with Crippen LogP contribution in [0.3, 0.4) is 0 Å². The molecular weight excluding hydrogens is 260 g/mol. The number of esters is 1. The number of ether oxygens (including phenoxy) is 1. The maximum atomic E-state index is 11.4. The first kappa shape index (κ1) is 14.4. The fraction of sp³-hybridized carbons (Fsp3) is 0.556. The molecule has 98 valence electrons. The highest BCUT2D eigenvalue weighted by Gasteiger charge is 2.22. The number of carbonyl (C=O) groups is 1. The normalized spacial score (nSPS) is 13.5. The van der Waals surface area contributed by atoms with E-state index in [0.717, 1.165) is 11.3 Å². The van der Waals surface area contributed by atoms with Gasteiger partial charge in [0.05, 0.1) is 25.5 Å². The molecule has 0 saturated heterocycles. The number of rotatable bonds is 6. The Bertz CT molecular complexity index is 457. The van der Waals surface area contributed by atoms with Gasteiger partial charge in [0.2, 0.25) is 0 Å². The SMILES string of the molecule is CCOC(=O)c1cnc(C(O)C(O)CN=[N+]=[N-])s1. The second-order valence-electron chi connectivity index (χ2n) is 3.21. The minimum absolute atomic E-state index is 0.165. The van der Waals surface area contributed by atoms with Crippen LogP contribution in [0.15, 0.2) is 11.3 Å². The molecule has 1 rings (SSSR count). The quantitative estimate of drug-likeness (QED) is 0.346. The number of aromatic nitrogens is 1. The first-order chi connectivity index (χ1) is 8.60. The Kier molecular flexibility index (Phi) is 5.53. The van der Waals surface area contributed by atoms with Crippen LogP contribution in [0.2, 0.25) is 0 Å². The van der Waals surface area contributed by atoms with Crippen LogP contribution in [0.4, 0.5) is 0 Å². The van der Waals surface area contributed by atoms with Gasteiger partial charge in [-0.05, 0) is 12.5 Å². The van der Waals surface area contributed by atoms with Crippen molar-refractivity contribution in [3.05, 3.63) is 26.5 Å². The number of hydrogen-bond donors (Lipinski definition) is 2. The smallest absolute Gasteiger partial charge is 0.349 e. The molecule has 18 heavy (non-hydrogen) atoms. The van der Waals surface area contributed by atoms with Crippen molar-refractivity contribution in [2.75, 3.05) is 13.2 Å². The number of carbonyl (C=O) groups excluding carboxylic acids is 1. The van der Waals surface area contributed by atoms with Crippen molar-refractivity contribution in [1.29, 1.82) is 0 Å². The number of hydrogen-bond acceptors (Lipinski definition) is 7. The van der Waals surface area contributed by atoms with E-state index in [0.29, 0.717) is 0 Å². The molecule has 0 spiro atoms. The number of nitrogens with zero attached hydrogens (tertiary/aromatic N) is 4. The molecule has 2 N–H and O–H groups in total. The summed E-state index contributed by atoms with van der Waals surface area (Å²) in [5, 5.41) is 22.5. The Morgan fingerprint density at radius 1 is 1.72 bits per heavy atom. The lowest BCUT2D eigenvalue weighted by Crippen LogP contribution is -2.20. The molecule has 0 aliphatic rings. The van der Waals surface area contributed by atoms with Gasteiger partial charge in [-0.1, -0.05) is 5.11 Å². The highest BCUT2D eigenvalue weighted by Crippen LogP contribution is 2.23. The minimum Gasteiger partial charge on any atom is -0.462 e. The average Bonchev–Trinajstić information content (AvgIpc) is 2.84. The molecule has 2 atom stereocenters. The van der Waals surface area contributed by atoms with Gasteiger partial charge in [0.15, 0.2) is 0 Å². The molecule has 0 radical (unpaired) electrons. The lowest BCUT2D eigenvalue weighted by Gasteiger charge is -2.12. The minimum atomic E-state index is -1.30. The predicted octanol–water partition coefficient (Wildman–Crippen LogP) is 1.02. The van der Waals surface area contributed by atoms with E-state index in [9.17, 15) is 15.0 Å². The Morgan fingerprint density at radius 3 is 3.06 bits per heavy atom. The Labute approximate surface area is 106 Å². The van der Waals surface area contributed by atoms with E-state index < -0.39 is 18.2 Å². The molecular formula is C9H12N4O4S. The first-order valence-corrected chi connectivity index (χ1v) is 5.91. The van der Waals surface area contributed by atoms with Gasteiger partial charge in [-0.3, -0.25) is 0 Å². The summed E-state index contributed by atoms with van der Waals surface area (Å²) < 4.78 is 4.77. The van der Waals surface area contributed by atoms with Crippen molar-refractivity contribution in [2.24, 2.45) is 5.11 Å². The zero-order valence-corrected chi connectivity index (χ0v) is 10.4. The van der Waals surface area contributed by atoms with Gasteiger partial charge in [0.25, 0.3) is 0 Å². The molecule has 0 aliphatic heterocycles. The molecule has 1 aromatic rings. The van der Waals surface area contributed by atoms with Gasteiger partial charge in [-0.15, -0.1) is 11.3 Å². The van der Waals surface area contributed by atoms with Crippen molar-refractivity contribution >= 4 is 17.3 Å². The van der Waals surface area contributed by atoms with E-state index in [2.05, 4.69) is 15.0 Å². The van der Waals surface area contributed by atoms with Crippen LogP contribution in [0.1, 0.15) is 27.7 Å². The number of aliphatic hydroxyl groups is 2. The first-order valence-electron chi connectivity index (χ1n) is 5.10. The fourth-order valence-electron chi connectivity index (χ4n) is 1.11. The zero-order valence-electron chi connectivity index (χ0n) is 9.55. The van der Waals surface area contributed by atoms with E-state index in [-0.39, 0.29) is 23.0 Å². The molecule has 0 amide bonds. The standard InChI is InChI=1S/C9H12N4O4S/c1-2-17-9(16)6-4-11-8(18-6)7(15)5(14)3-12-13-10/h4-5,7,14-15H,2-3H2,1H3. The summed E-state index contributed by atoms with van der Waals surface area (Å²) in [5.41, 5.74) is 8.09. The average molecular weight is 272 g/mol. The van der Waals surface area contributed by atoms with Crippen LogP contribution in [-0.2, 0) is 4.74 Å². The van der Waals surface area contributed by atoms with Crippen LogP contribution in [-0.4, -0.2) is 40.4 Å². The van der Waals surface area contributed by atoms with Gasteiger partial charge in [0, 0.05) is 4.91 Å².